The number of fused-ring (bicyclic) bond motifs is 1. The first-order chi connectivity index (χ1) is 15.2. The SMILES string of the molecule is O=C(O)c1cccc(CN2CCC(c3c[nH]c4nccc(Cc5ccsc5)c34)CC2)c1. The first kappa shape index (κ1) is 20.0. The lowest BCUT2D eigenvalue weighted by Gasteiger charge is -2.32. The van der Waals surface area contributed by atoms with Crippen LogP contribution in [0.2, 0.25) is 0 Å². The predicted molar refractivity (Wildman–Crippen MR) is 124 cm³/mol. The molecule has 1 aliphatic heterocycles. The molecule has 1 aromatic carbocycles. The van der Waals surface area contributed by atoms with Crippen LogP contribution in [0.4, 0.5) is 0 Å². The van der Waals surface area contributed by atoms with E-state index >= 15 is 0 Å². The van der Waals surface area contributed by atoms with Crippen molar-refractivity contribution in [3.63, 3.8) is 0 Å². The van der Waals surface area contributed by atoms with E-state index in [1.54, 1.807) is 23.5 Å². The summed E-state index contributed by atoms with van der Waals surface area (Å²) in [5.41, 5.74) is 6.48. The summed E-state index contributed by atoms with van der Waals surface area (Å²) in [4.78, 5) is 21.6. The summed E-state index contributed by atoms with van der Waals surface area (Å²) in [6.45, 7) is 2.82. The van der Waals surface area contributed by atoms with Gasteiger partial charge in [-0.2, -0.15) is 11.3 Å². The zero-order valence-electron chi connectivity index (χ0n) is 17.3. The number of hydrogen-bond acceptors (Lipinski definition) is 4. The van der Waals surface area contributed by atoms with Gasteiger partial charge in [-0.1, -0.05) is 12.1 Å². The molecule has 1 saturated heterocycles. The molecule has 0 atom stereocenters. The average molecular weight is 432 g/mol. The second kappa shape index (κ2) is 8.65. The van der Waals surface area contributed by atoms with Crippen LogP contribution in [-0.2, 0) is 13.0 Å². The number of piperidine rings is 1. The standard InChI is InChI=1S/C25H25N3O2S/c29-25(30)21-3-1-2-17(12-21)15-28-9-5-19(6-10-28)22-14-27-24-23(22)20(4-8-26-24)13-18-7-11-31-16-18/h1-4,7-8,11-12,14,16,19H,5-6,9-10,13,15H2,(H,26,27)(H,29,30). The molecule has 2 N–H and O–H groups in total. The molecule has 3 aromatic heterocycles. The van der Waals surface area contributed by atoms with Gasteiger partial charge in [0.1, 0.15) is 5.65 Å². The Balaban J connectivity index is 1.30. The van der Waals surface area contributed by atoms with Gasteiger partial charge in [0.15, 0.2) is 0 Å². The largest absolute Gasteiger partial charge is 0.478 e. The Morgan fingerprint density at radius 2 is 2.06 bits per heavy atom. The first-order valence-electron chi connectivity index (χ1n) is 10.7. The minimum Gasteiger partial charge on any atom is -0.478 e. The number of nitrogens with one attached hydrogen (secondary N) is 1. The number of thiophene rings is 1. The van der Waals surface area contributed by atoms with Crippen molar-refractivity contribution in [1.29, 1.82) is 0 Å². The molecule has 4 aromatic rings. The van der Waals surface area contributed by atoms with E-state index in [2.05, 4.69) is 44.0 Å². The monoisotopic (exact) mass is 431 g/mol. The minimum absolute atomic E-state index is 0.358. The summed E-state index contributed by atoms with van der Waals surface area (Å²) in [6, 6.07) is 11.6. The van der Waals surface area contributed by atoms with Crippen molar-refractivity contribution in [3.05, 3.63) is 87.4 Å². The van der Waals surface area contributed by atoms with Gasteiger partial charge in [0.2, 0.25) is 0 Å². The molecule has 0 radical (unpaired) electrons. The fourth-order valence-electron chi connectivity index (χ4n) is 4.70. The Morgan fingerprint density at radius 1 is 1.19 bits per heavy atom. The van der Waals surface area contributed by atoms with E-state index in [1.807, 2.05) is 18.3 Å². The molecule has 1 fully saturated rings. The number of aromatic amines is 1. The van der Waals surface area contributed by atoms with Crippen molar-refractivity contribution in [3.8, 4) is 0 Å². The van der Waals surface area contributed by atoms with Gasteiger partial charge in [-0.3, -0.25) is 4.90 Å². The summed E-state index contributed by atoms with van der Waals surface area (Å²) in [5, 5.41) is 14.9. The third-order valence-electron chi connectivity index (χ3n) is 6.27. The Hall–Kier alpha value is -2.96. The lowest BCUT2D eigenvalue weighted by atomic mass is 9.87. The number of likely N-dealkylation sites (tertiary alicyclic amines) is 1. The Kier molecular flexibility index (Phi) is 5.57. The lowest BCUT2D eigenvalue weighted by Crippen LogP contribution is -2.32. The summed E-state index contributed by atoms with van der Waals surface area (Å²) in [6.07, 6.45) is 7.19. The van der Waals surface area contributed by atoms with Crippen LogP contribution in [-0.4, -0.2) is 39.0 Å². The van der Waals surface area contributed by atoms with Gasteiger partial charge in [0.05, 0.1) is 5.56 Å². The number of benzene rings is 1. The Bertz CT molecular complexity index is 1190. The van der Waals surface area contributed by atoms with E-state index in [1.165, 1.54) is 22.1 Å². The van der Waals surface area contributed by atoms with Crippen molar-refractivity contribution >= 4 is 28.3 Å². The number of H-pyrrole nitrogens is 1. The minimum atomic E-state index is -0.869. The summed E-state index contributed by atoms with van der Waals surface area (Å²) in [5.74, 6) is -0.354. The van der Waals surface area contributed by atoms with Gasteiger partial charge in [0, 0.05) is 24.3 Å². The molecule has 0 bridgehead atoms. The maximum Gasteiger partial charge on any atom is 0.335 e. The fraction of sp³-hybridized carbons (Fsp3) is 0.280. The molecule has 158 valence electrons. The number of pyridine rings is 1. The second-order valence-corrected chi connectivity index (χ2v) is 9.08. The van der Waals surface area contributed by atoms with Gasteiger partial charge in [-0.25, -0.2) is 9.78 Å². The van der Waals surface area contributed by atoms with Crippen molar-refractivity contribution in [2.75, 3.05) is 13.1 Å². The first-order valence-corrected chi connectivity index (χ1v) is 11.6. The van der Waals surface area contributed by atoms with Crippen LogP contribution >= 0.6 is 11.3 Å². The molecule has 31 heavy (non-hydrogen) atoms. The highest BCUT2D eigenvalue weighted by Gasteiger charge is 2.24. The van der Waals surface area contributed by atoms with Gasteiger partial charge in [0.25, 0.3) is 0 Å². The molecule has 0 aliphatic carbocycles. The predicted octanol–water partition coefficient (Wildman–Crippen LogP) is 5.29. The molecule has 0 amide bonds. The number of carbonyl (C=O) groups is 1. The number of nitrogens with zero attached hydrogens (tertiary/aromatic N) is 2. The molecular formula is C25H25N3O2S. The van der Waals surface area contributed by atoms with Crippen LogP contribution in [0.1, 0.15) is 51.4 Å². The summed E-state index contributed by atoms with van der Waals surface area (Å²) < 4.78 is 0. The topological polar surface area (TPSA) is 69.2 Å². The van der Waals surface area contributed by atoms with Crippen molar-refractivity contribution in [1.82, 2.24) is 14.9 Å². The van der Waals surface area contributed by atoms with Crippen molar-refractivity contribution < 1.29 is 9.90 Å². The summed E-state index contributed by atoms with van der Waals surface area (Å²) >= 11 is 1.74. The van der Waals surface area contributed by atoms with Gasteiger partial charge in [-0.05, 0) is 95.5 Å². The van der Waals surface area contributed by atoms with Crippen LogP contribution in [0.3, 0.4) is 0 Å². The molecule has 0 spiro atoms. The molecule has 4 heterocycles. The van der Waals surface area contributed by atoms with Crippen molar-refractivity contribution in [2.45, 2.75) is 31.7 Å². The van der Waals surface area contributed by atoms with E-state index in [0.717, 1.165) is 50.1 Å². The van der Waals surface area contributed by atoms with Gasteiger partial charge in [-0.15, -0.1) is 0 Å². The maximum absolute atomic E-state index is 11.2. The van der Waals surface area contributed by atoms with E-state index in [4.69, 9.17) is 0 Å². The van der Waals surface area contributed by atoms with Gasteiger partial charge < -0.3 is 10.1 Å². The number of carboxylic acid groups (broad SMARTS) is 1. The third-order valence-corrected chi connectivity index (χ3v) is 7.00. The molecule has 6 heteroatoms. The Morgan fingerprint density at radius 3 is 2.84 bits per heavy atom. The Labute approximate surface area is 185 Å². The van der Waals surface area contributed by atoms with E-state index in [0.29, 0.717) is 11.5 Å². The number of aromatic nitrogens is 2. The molecule has 0 saturated carbocycles. The van der Waals surface area contributed by atoms with Crippen LogP contribution in [0.5, 0.6) is 0 Å². The summed E-state index contributed by atoms with van der Waals surface area (Å²) in [7, 11) is 0. The highest BCUT2D eigenvalue weighted by molar-refractivity contribution is 7.07. The number of carboxylic acids is 1. The number of rotatable bonds is 6. The van der Waals surface area contributed by atoms with Crippen LogP contribution in [0, 0.1) is 0 Å². The molecule has 0 unspecified atom stereocenters. The molecule has 5 rings (SSSR count). The van der Waals surface area contributed by atoms with Gasteiger partial charge >= 0.3 is 5.97 Å². The van der Waals surface area contributed by atoms with Crippen LogP contribution in [0.15, 0.2) is 59.6 Å². The number of hydrogen-bond donors (Lipinski definition) is 2. The zero-order valence-corrected chi connectivity index (χ0v) is 18.1. The van der Waals surface area contributed by atoms with Crippen LogP contribution < -0.4 is 0 Å². The fourth-order valence-corrected chi connectivity index (χ4v) is 5.37. The highest BCUT2D eigenvalue weighted by Crippen LogP contribution is 2.35. The number of aromatic carboxylic acids is 1. The smallest absolute Gasteiger partial charge is 0.335 e. The molecule has 1 aliphatic rings. The molecular weight excluding hydrogens is 406 g/mol. The average Bonchev–Trinajstić information content (AvgIpc) is 3.45. The molecule has 5 nitrogen and oxygen atoms in total. The van der Waals surface area contributed by atoms with E-state index < -0.39 is 5.97 Å². The second-order valence-electron chi connectivity index (χ2n) is 8.30. The highest BCUT2D eigenvalue weighted by atomic mass is 32.1. The lowest BCUT2D eigenvalue weighted by molar-refractivity contribution is 0.0696. The zero-order chi connectivity index (χ0) is 21.2. The quantitative estimate of drug-likeness (QED) is 0.435. The van der Waals surface area contributed by atoms with E-state index in [9.17, 15) is 9.90 Å². The maximum atomic E-state index is 11.2. The van der Waals surface area contributed by atoms with Crippen molar-refractivity contribution in [2.24, 2.45) is 0 Å². The van der Waals surface area contributed by atoms with E-state index in [-0.39, 0.29) is 0 Å². The van der Waals surface area contributed by atoms with Crippen LogP contribution in [0.25, 0.3) is 11.0 Å². The normalized spacial score (nSPS) is 15.5. The third kappa shape index (κ3) is 4.27.